The highest BCUT2D eigenvalue weighted by Gasteiger charge is 2.47. The molecule has 2 N–H and O–H groups in total. The lowest BCUT2D eigenvalue weighted by atomic mass is 9.75. The summed E-state index contributed by atoms with van der Waals surface area (Å²) in [5, 5.41) is 5.99. The molecule has 1 aromatic rings. The number of alkyl carbamates (subject to hydrolysis) is 1. The van der Waals surface area contributed by atoms with Crippen molar-refractivity contribution in [1.29, 1.82) is 0 Å². The standard InChI is InChI=1S/C14H17FN2O2/c15-11-3-1-2-10(8-11)12-9-17-13(18)19-14(12)4-6-16-7-5-14/h1-3,8,12,16H,4-7,9H2,(H,17,18)/t12-/m1/s1. The van der Waals surface area contributed by atoms with Crippen LogP contribution in [-0.4, -0.2) is 31.3 Å². The number of hydrogen-bond acceptors (Lipinski definition) is 3. The maximum absolute atomic E-state index is 13.4. The number of ether oxygens (including phenoxy) is 1. The number of nitrogens with one attached hydrogen (secondary N) is 2. The van der Waals surface area contributed by atoms with Crippen LogP contribution in [0.2, 0.25) is 0 Å². The summed E-state index contributed by atoms with van der Waals surface area (Å²) in [7, 11) is 0. The van der Waals surface area contributed by atoms with Gasteiger partial charge in [-0.25, -0.2) is 9.18 Å². The van der Waals surface area contributed by atoms with Gasteiger partial charge in [-0.05, 0) is 30.8 Å². The fourth-order valence-corrected chi connectivity index (χ4v) is 3.11. The Balaban J connectivity index is 1.95. The van der Waals surface area contributed by atoms with Crippen LogP contribution in [0, 0.1) is 5.82 Å². The number of piperidine rings is 1. The third kappa shape index (κ3) is 2.30. The molecule has 3 rings (SSSR count). The first-order chi connectivity index (χ1) is 9.20. The van der Waals surface area contributed by atoms with Gasteiger partial charge in [0.25, 0.3) is 0 Å². The summed E-state index contributed by atoms with van der Waals surface area (Å²) in [5.74, 6) is -0.249. The van der Waals surface area contributed by atoms with E-state index in [1.54, 1.807) is 6.07 Å². The fourth-order valence-electron chi connectivity index (χ4n) is 3.11. The summed E-state index contributed by atoms with van der Waals surface area (Å²) in [4.78, 5) is 11.6. The van der Waals surface area contributed by atoms with E-state index in [-0.39, 0.29) is 17.8 Å². The summed E-state index contributed by atoms with van der Waals surface area (Å²) in [6, 6.07) is 6.57. The smallest absolute Gasteiger partial charge is 0.407 e. The highest BCUT2D eigenvalue weighted by molar-refractivity contribution is 5.69. The zero-order valence-electron chi connectivity index (χ0n) is 10.6. The van der Waals surface area contributed by atoms with Gasteiger partial charge in [0.2, 0.25) is 0 Å². The number of rotatable bonds is 1. The largest absolute Gasteiger partial charge is 0.442 e. The average Bonchev–Trinajstić information content (AvgIpc) is 2.39. The normalized spacial score (nSPS) is 25.7. The minimum absolute atomic E-state index is 0.00278. The Morgan fingerprint density at radius 2 is 2.11 bits per heavy atom. The molecular formula is C14H17FN2O2. The topological polar surface area (TPSA) is 50.4 Å². The Kier molecular flexibility index (Phi) is 3.14. The summed E-state index contributed by atoms with van der Waals surface area (Å²) < 4.78 is 19.0. The second kappa shape index (κ2) is 4.81. The molecule has 0 unspecified atom stereocenters. The summed E-state index contributed by atoms with van der Waals surface area (Å²) in [6.45, 7) is 2.14. The first-order valence-electron chi connectivity index (χ1n) is 6.63. The van der Waals surface area contributed by atoms with Crippen LogP contribution in [0.1, 0.15) is 24.3 Å². The Hall–Kier alpha value is -1.62. The van der Waals surface area contributed by atoms with E-state index in [2.05, 4.69) is 10.6 Å². The van der Waals surface area contributed by atoms with Gasteiger partial charge in [0.1, 0.15) is 11.4 Å². The van der Waals surface area contributed by atoms with Crippen molar-refractivity contribution in [2.45, 2.75) is 24.4 Å². The van der Waals surface area contributed by atoms with Crippen molar-refractivity contribution in [3.05, 3.63) is 35.6 Å². The fraction of sp³-hybridized carbons (Fsp3) is 0.500. The Bertz CT molecular complexity index is 486. The third-order valence-electron chi connectivity index (χ3n) is 4.08. The van der Waals surface area contributed by atoms with Crippen LogP contribution >= 0.6 is 0 Å². The van der Waals surface area contributed by atoms with Crippen molar-refractivity contribution in [3.63, 3.8) is 0 Å². The van der Waals surface area contributed by atoms with Gasteiger partial charge in [0.15, 0.2) is 0 Å². The van der Waals surface area contributed by atoms with E-state index in [0.717, 1.165) is 31.5 Å². The zero-order chi connectivity index (χ0) is 13.3. The van der Waals surface area contributed by atoms with Gasteiger partial charge in [-0.3, -0.25) is 0 Å². The van der Waals surface area contributed by atoms with E-state index in [4.69, 9.17) is 4.74 Å². The first-order valence-corrected chi connectivity index (χ1v) is 6.63. The van der Waals surface area contributed by atoms with E-state index >= 15 is 0 Å². The zero-order valence-corrected chi connectivity index (χ0v) is 10.6. The predicted octanol–water partition coefficient (Wildman–Crippen LogP) is 1.77. The monoisotopic (exact) mass is 264 g/mol. The van der Waals surface area contributed by atoms with Crippen LogP contribution < -0.4 is 10.6 Å². The molecule has 5 heteroatoms. The summed E-state index contributed by atoms with van der Waals surface area (Å²) >= 11 is 0. The number of amides is 1. The van der Waals surface area contributed by atoms with Crippen LogP contribution in [0.15, 0.2) is 24.3 Å². The van der Waals surface area contributed by atoms with Gasteiger partial charge in [0, 0.05) is 25.3 Å². The molecule has 102 valence electrons. The maximum Gasteiger partial charge on any atom is 0.407 e. The van der Waals surface area contributed by atoms with E-state index in [9.17, 15) is 9.18 Å². The summed E-state index contributed by atoms with van der Waals surface area (Å²) in [6.07, 6.45) is 1.16. The van der Waals surface area contributed by atoms with Crippen molar-refractivity contribution in [2.75, 3.05) is 19.6 Å². The van der Waals surface area contributed by atoms with E-state index in [0.29, 0.717) is 6.54 Å². The lowest BCUT2D eigenvalue weighted by Gasteiger charge is -2.46. The molecule has 1 atom stereocenters. The molecule has 0 aliphatic carbocycles. The van der Waals surface area contributed by atoms with Crippen molar-refractivity contribution in [2.24, 2.45) is 0 Å². The van der Waals surface area contributed by atoms with Crippen molar-refractivity contribution in [1.82, 2.24) is 10.6 Å². The molecule has 2 aliphatic heterocycles. The molecular weight excluding hydrogens is 247 g/mol. The van der Waals surface area contributed by atoms with Crippen LogP contribution in [0.5, 0.6) is 0 Å². The molecule has 2 heterocycles. The van der Waals surface area contributed by atoms with Gasteiger partial charge >= 0.3 is 6.09 Å². The maximum atomic E-state index is 13.4. The molecule has 2 aliphatic rings. The molecule has 1 spiro atoms. The van der Waals surface area contributed by atoms with Gasteiger partial charge in [-0.15, -0.1) is 0 Å². The number of halogens is 1. The SMILES string of the molecule is O=C1NC[C@H](c2cccc(F)c2)C2(CCNCC2)O1. The Labute approximate surface area is 111 Å². The minimum atomic E-state index is -0.499. The van der Waals surface area contributed by atoms with E-state index in [1.165, 1.54) is 12.1 Å². The molecule has 0 bridgehead atoms. The number of benzene rings is 1. The lowest BCUT2D eigenvalue weighted by Crippen LogP contribution is -2.57. The molecule has 2 saturated heterocycles. The average molecular weight is 264 g/mol. The third-order valence-corrected chi connectivity index (χ3v) is 4.08. The van der Waals surface area contributed by atoms with Crippen LogP contribution in [0.25, 0.3) is 0 Å². The van der Waals surface area contributed by atoms with Gasteiger partial charge < -0.3 is 15.4 Å². The molecule has 2 fully saturated rings. The molecule has 0 radical (unpaired) electrons. The highest BCUT2D eigenvalue weighted by Crippen LogP contribution is 2.40. The van der Waals surface area contributed by atoms with Gasteiger partial charge in [-0.2, -0.15) is 0 Å². The minimum Gasteiger partial charge on any atom is -0.442 e. The second-order valence-electron chi connectivity index (χ2n) is 5.19. The van der Waals surface area contributed by atoms with Crippen LogP contribution in [0.3, 0.4) is 0 Å². The van der Waals surface area contributed by atoms with Crippen molar-refractivity contribution in [3.8, 4) is 0 Å². The number of hydrogen-bond donors (Lipinski definition) is 2. The highest BCUT2D eigenvalue weighted by atomic mass is 19.1. The van der Waals surface area contributed by atoms with Crippen molar-refractivity contribution < 1.29 is 13.9 Å². The molecule has 1 amide bonds. The van der Waals surface area contributed by atoms with Gasteiger partial charge in [0.05, 0.1) is 0 Å². The second-order valence-corrected chi connectivity index (χ2v) is 5.19. The van der Waals surface area contributed by atoms with Crippen LogP contribution in [0.4, 0.5) is 9.18 Å². The molecule has 0 saturated carbocycles. The first kappa shape index (κ1) is 12.4. The lowest BCUT2D eigenvalue weighted by molar-refractivity contribution is -0.0495. The molecule has 0 aromatic heterocycles. The predicted molar refractivity (Wildman–Crippen MR) is 68.5 cm³/mol. The quantitative estimate of drug-likeness (QED) is 0.813. The van der Waals surface area contributed by atoms with Gasteiger partial charge in [-0.1, -0.05) is 12.1 Å². The molecule has 4 nitrogen and oxygen atoms in total. The van der Waals surface area contributed by atoms with Crippen molar-refractivity contribution >= 4 is 6.09 Å². The summed E-state index contributed by atoms with van der Waals surface area (Å²) in [5.41, 5.74) is 0.392. The van der Waals surface area contributed by atoms with E-state index < -0.39 is 5.60 Å². The van der Waals surface area contributed by atoms with Crippen LogP contribution in [-0.2, 0) is 4.74 Å². The molecule has 1 aromatic carbocycles. The Morgan fingerprint density at radius 3 is 2.84 bits per heavy atom. The Morgan fingerprint density at radius 1 is 1.32 bits per heavy atom. The number of carbonyl (C=O) groups is 1. The number of carbonyl (C=O) groups excluding carboxylic acids is 1. The van der Waals surface area contributed by atoms with E-state index in [1.807, 2.05) is 6.07 Å². The molecule has 19 heavy (non-hydrogen) atoms.